The van der Waals surface area contributed by atoms with Crippen molar-refractivity contribution < 1.29 is 31.9 Å². The van der Waals surface area contributed by atoms with Crippen LogP contribution in [-0.2, 0) is 15.0 Å². The van der Waals surface area contributed by atoms with Crippen molar-refractivity contribution in [2.75, 3.05) is 26.0 Å². The fourth-order valence-electron chi connectivity index (χ4n) is 2.44. The van der Waals surface area contributed by atoms with Gasteiger partial charge in [-0.3, -0.25) is 14.6 Å². The molecule has 0 fully saturated rings. The highest BCUT2D eigenvalue weighted by Gasteiger charge is 2.29. The highest BCUT2D eigenvalue weighted by molar-refractivity contribution is 5.77. The summed E-state index contributed by atoms with van der Waals surface area (Å²) in [5, 5.41) is 2.48. The molecule has 1 heterocycles. The van der Waals surface area contributed by atoms with Gasteiger partial charge in [-0.1, -0.05) is 41.5 Å². The standard InChI is InChI=1S/C14H19FN2O2.C7H7F3N2O.2C2H6/c1-14(2,8-13(19)17(3)4)11-7-10(16-9-18)5-6-12(11)15;1-5-2-12-6(3-11-5)13-4-7(8,9)10;2*1-2/h5-7,9H,8H2,1-4H3,(H,16,18);2-3H,4H2,1H3;2*1-2H3. The van der Waals surface area contributed by atoms with Gasteiger partial charge >= 0.3 is 6.18 Å². The van der Waals surface area contributed by atoms with Crippen molar-refractivity contribution in [3.63, 3.8) is 0 Å². The highest BCUT2D eigenvalue weighted by Crippen LogP contribution is 2.31. The Hall–Kier alpha value is -3.24. The number of benzene rings is 1. The fraction of sp³-hybridized carbons (Fsp3) is 0.520. The number of ether oxygens (including phenoxy) is 1. The van der Waals surface area contributed by atoms with Crippen LogP contribution >= 0.6 is 0 Å². The molecular formula is C25H38F4N4O3. The molecule has 0 bridgehead atoms. The largest absolute Gasteiger partial charge is 0.467 e. The summed E-state index contributed by atoms with van der Waals surface area (Å²) in [5.74, 6) is -0.575. The van der Waals surface area contributed by atoms with Gasteiger partial charge in [0, 0.05) is 31.6 Å². The second-order valence-electron chi connectivity index (χ2n) is 7.71. The predicted molar refractivity (Wildman–Crippen MR) is 133 cm³/mol. The van der Waals surface area contributed by atoms with Gasteiger partial charge in [-0.05, 0) is 30.7 Å². The normalized spacial score (nSPS) is 10.2. The number of aromatic nitrogens is 2. The number of halogens is 4. The van der Waals surface area contributed by atoms with E-state index in [-0.39, 0.29) is 24.0 Å². The first-order valence-electron chi connectivity index (χ1n) is 11.4. The molecule has 1 aromatic carbocycles. The number of hydrogen-bond donors (Lipinski definition) is 1. The maximum Gasteiger partial charge on any atom is 0.422 e. The number of aryl methyl sites for hydroxylation is 1. The molecule has 1 N–H and O–H groups in total. The third-order valence-electron chi connectivity index (χ3n) is 4.15. The topological polar surface area (TPSA) is 84.4 Å². The Morgan fingerprint density at radius 3 is 2.11 bits per heavy atom. The van der Waals surface area contributed by atoms with Crippen LogP contribution in [0.5, 0.6) is 5.88 Å². The summed E-state index contributed by atoms with van der Waals surface area (Å²) >= 11 is 0. The van der Waals surface area contributed by atoms with Crippen molar-refractivity contribution in [1.29, 1.82) is 0 Å². The average Bonchev–Trinajstić information content (AvgIpc) is 2.82. The molecular weight excluding hydrogens is 480 g/mol. The number of rotatable bonds is 7. The maximum absolute atomic E-state index is 13.9. The van der Waals surface area contributed by atoms with Gasteiger partial charge in [0.25, 0.3) is 0 Å². The minimum Gasteiger partial charge on any atom is -0.467 e. The van der Waals surface area contributed by atoms with E-state index in [9.17, 15) is 27.2 Å². The molecule has 2 aromatic rings. The first-order chi connectivity index (χ1) is 16.7. The number of nitrogens with one attached hydrogen (secondary N) is 1. The lowest BCUT2D eigenvalue weighted by molar-refractivity contribution is -0.154. The number of nitrogens with zero attached hydrogens (tertiary/aromatic N) is 3. The van der Waals surface area contributed by atoms with Crippen molar-refractivity contribution in [1.82, 2.24) is 14.9 Å². The van der Waals surface area contributed by atoms with Crippen LogP contribution in [0.25, 0.3) is 0 Å². The van der Waals surface area contributed by atoms with E-state index in [0.717, 1.165) is 6.20 Å². The summed E-state index contributed by atoms with van der Waals surface area (Å²) in [6, 6.07) is 4.34. The molecule has 204 valence electrons. The fourth-order valence-corrected chi connectivity index (χ4v) is 2.44. The molecule has 0 spiro atoms. The van der Waals surface area contributed by atoms with E-state index in [2.05, 4.69) is 20.0 Å². The number of carbonyl (C=O) groups excluding carboxylic acids is 2. The van der Waals surface area contributed by atoms with Crippen LogP contribution in [0, 0.1) is 12.7 Å². The molecule has 2 amide bonds. The molecule has 2 rings (SSSR count). The third-order valence-corrected chi connectivity index (χ3v) is 4.15. The van der Waals surface area contributed by atoms with Gasteiger partial charge in [0.1, 0.15) is 5.82 Å². The number of hydrogen-bond acceptors (Lipinski definition) is 5. The van der Waals surface area contributed by atoms with Crippen molar-refractivity contribution in [2.24, 2.45) is 0 Å². The van der Waals surface area contributed by atoms with E-state index in [1.54, 1.807) is 40.9 Å². The Morgan fingerprint density at radius 2 is 1.67 bits per heavy atom. The third kappa shape index (κ3) is 14.2. The van der Waals surface area contributed by atoms with Crippen molar-refractivity contribution >= 4 is 18.0 Å². The van der Waals surface area contributed by atoms with Gasteiger partial charge in [0.15, 0.2) is 6.61 Å². The minimum absolute atomic E-state index is 0.0712. The van der Waals surface area contributed by atoms with Crippen LogP contribution in [0.3, 0.4) is 0 Å². The van der Waals surface area contributed by atoms with Crippen molar-refractivity contribution in [3.8, 4) is 5.88 Å². The van der Waals surface area contributed by atoms with Gasteiger partial charge in [-0.25, -0.2) is 9.37 Å². The van der Waals surface area contributed by atoms with Crippen LogP contribution in [-0.4, -0.2) is 54.1 Å². The van der Waals surface area contributed by atoms with Crippen molar-refractivity contribution in [3.05, 3.63) is 47.7 Å². The van der Waals surface area contributed by atoms with Crippen LogP contribution in [0.15, 0.2) is 30.6 Å². The monoisotopic (exact) mass is 518 g/mol. The summed E-state index contributed by atoms with van der Waals surface area (Å²) in [5.41, 5.74) is 0.900. The first kappa shape index (κ1) is 34.9. The van der Waals surface area contributed by atoms with E-state index in [1.165, 1.54) is 23.2 Å². The van der Waals surface area contributed by atoms with Gasteiger partial charge in [0.2, 0.25) is 18.2 Å². The molecule has 0 aliphatic heterocycles. The molecule has 0 aliphatic rings. The average molecular weight is 519 g/mol. The summed E-state index contributed by atoms with van der Waals surface area (Å²) in [6.07, 6.45) is -1.12. The van der Waals surface area contributed by atoms with Crippen LogP contribution < -0.4 is 10.1 Å². The minimum atomic E-state index is -4.34. The van der Waals surface area contributed by atoms with Crippen LogP contribution in [0.1, 0.15) is 59.2 Å². The SMILES string of the molecule is CC.CC.CN(C)C(=O)CC(C)(C)c1cc(NC=O)ccc1F.Cc1cnc(OCC(F)(F)F)cn1. The zero-order chi connectivity index (χ0) is 28.5. The number of alkyl halides is 3. The van der Waals surface area contributed by atoms with Gasteiger partial charge in [-0.2, -0.15) is 13.2 Å². The Kier molecular flexibility index (Phi) is 16.7. The van der Waals surface area contributed by atoms with E-state index in [4.69, 9.17) is 0 Å². The lowest BCUT2D eigenvalue weighted by Gasteiger charge is -2.27. The molecule has 7 nitrogen and oxygen atoms in total. The van der Waals surface area contributed by atoms with E-state index in [0.29, 0.717) is 23.4 Å². The summed E-state index contributed by atoms with van der Waals surface area (Å²) in [7, 11) is 3.33. The predicted octanol–water partition coefficient (Wildman–Crippen LogP) is 5.93. The molecule has 11 heteroatoms. The second-order valence-corrected chi connectivity index (χ2v) is 7.71. The van der Waals surface area contributed by atoms with E-state index < -0.39 is 18.2 Å². The van der Waals surface area contributed by atoms with Gasteiger partial charge in [0.05, 0.1) is 18.1 Å². The number of anilines is 1. The summed E-state index contributed by atoms with van der Waals surface area (Å²) in [4.78, 5) is 31.0. The lowest BCUT2D eigenvalue weighted by Crippen LogP contribution is -2.31. The van der Waals surface area contributed by atoms with Gasteiger partial charge in [-0.15, -0.1) is 0 Å². The first-order valence-corrected chi connectivity index (χ1v) is 11.4. The molecule has 0 unspecified atom stereocenters. The van der Waals surface area contributed by atoms with Crippen molar-refractivity contribution in [2.45, 2.75) is 66.5 Å². The molecule has 0 atom stereocenters. The Bertz CT molecular complexity index is 903. The molecule has 36 heavy (non-hydrogen) atoms. The lowest BCUT2D eigenvalue weighted by atomic mass is 9.80. The zero-order valence-electron chi connectivity index (χ0n) is 22.5. The Balaban J connectivity index is 0. The maximum atomic E-state index is 13.9. The Labute approximate surface area is 211 Å². The zero-order valence-corrected chi connectivity index (χ0v) is 22.5. The molecule has 0 aliphatic carbocycles. The van der Waals surface area contributed by atoms with E-state index >= 15 is 0 Å². The quantitative estimate of drug-likeness (QED) is 0.363. The smallest absolute Gasteiger partial charge is 0.422 e. The molecule has 0 radical (unpaired) electrons. The molecule has 0 saturated heterocycles. The summed E-state index contributed by atoms with van der Waals surface area (Å²) < 4.78 is 53.2. The van der Waals surface area contributed by atoms with E-state index in [1.807, 2.05) is 27.7 Å². The second kappa shape index (κ2) is 17.2. The highest BCUT2D eigenvalue weighted by atomic mass is 19.4. The van der Waals surface area contributed by atoms with Crippen LogP contribution in [0.4, 0.5) is 23.2 Å². The number of amides is 2. The van der Waals surface area contributed by atoms with Gasteiger partial charge < -0.3 is 15.0 Å². The Morgan fingerprint density at radius 1 is 1.08 bits per heavy atom. The molecule has 0 saturated carbocycles. The summed E-state index contributed by atoms with van der Waals surface area (Å²) in [6.45, 7) is 11.9. The number of carbonyl (C=O) groups is 2. The van der Waals surface area contributed by atoms with Crippen LogP contribution in [0.2, 0.25) is 0 Å². The molecule has 1 aromatic heterocycles.